The Kier molecular flexibility index (Phi) is 4.33. The number of aromatic nitrogens is 1. The van der Waals surface area contributed by atoms with Crippen LogP contribution in [0.25, 0.3) is 11.1 Å². The zero-order chi connectivity index (χ0) is 16.4. The van der Waals surface area contributed by atoms with E-state index in [4.69, 9.17) is 0 Å². The Hall–Kier alpha value is -2.16. The molecule has 124 valence electrons. The van der Waals surface area contributed by atoms with E-state index in [-0.39, 0.29) is 0 Å². The zero-order valence-corrected chi connectivity index (χ0v) is 14.1. The molecule has 1 saturated carbocycles. The standard InChI is InChI=1S/C21H24N2O/c24-21(14-16-4-2-1-3-5-16)23-13-10-19-15-18(6-7-20(19)23)17-8-11-22-12-9-17/h6-9,11-12,15-16H,1-5,10,13-14H2. The predicted octanol–water partition coefficient (Wildman–Crippen LogP) is 4.61. The summed E-state index contributed by atoms with van der Waals surface area (Å²) in [6, 6.07) is 10.5. The quantitative estimate of drug-likeness (QED) is 0.827. The number of benzene rings is 1. The lowest BCUT2D eigenvalue weighted by molar-refractivity contribution is -0.119. The largest absolute Gasteiger partial charge is 0.312 e. The fourth-order valence-electron chi connectivity index (χ4n) is 4.13. The molecule has 1 aliphatic carbocycles. The number of amides is 1. The molecule has 2 heterocycles. The highest BCUT2D eigenvalue weighted by atomic mass is 16.2. The van der Waals surface area contributed by atoms with Crippen molar-refractivity contribution in [2.75, 3.05) is 11.4 Å². The van der Waals surface area contributed by atoms with E-state index in [1.165, 1.54) is 48.8 Å². The van der Waals surface area contributed by atoms with Crippen LogP contribution in [-0.4, -0.2) is 17.4 Å². The number of fused-ring (bicyclic) bond motifs is 1. The Morgan fingerprint density at radius 3 is 2.62 bits per heavy atom. The van der Waals surface area contributed by atoms with Crippen LogP contribution >= 0.6 is 0 Å². The lowest BCUT2D eigenvalue weighted by Gasteiger charge is -2.24. The normalized spacial score (nSPS) is 17.8. The summed E-state index contributed by atoms with van der Waals surface area (Å²) in [5.41, 5.74) is 4.80. The van der Waals surface area contributed by atoms with Crippen molar-refractivity contribution < 1.29 is 4.79 Å². The number of carbonyl (C=O) groups is 1. The minimum Gasteiger partial charge on any atom is -0.312 e. The first-order valence-corrected chi connectivity index (χ1v) is 9.15. The third-order valence-electron chi connectivity index (χ3n) is 5.48. The summed E-state index contributed by atoms with van der Waals surface area (Å²) in [5, 5.41) is 0. The summed E-state index contributed by atoms with van der Waals surface area (Å²) in [5.74, 6) is 0.920. The van der Waals surface area contributed by atoms with Gasteiger partial charge in [0.1, 0.15) is 0 Å². The molecule has 1 aromatic carbocycles. The summed E-state index contributed by atoms with van der Waals surface area (Å²) in [6.45, 7) is 0.834. The average Bonchev–Trinajstić information content (AvgIpc) is 3.06. The van der Waals surface area contributed by atoms with Crippen molar-refractivity contribution in [2.45, 2.75) is 44.9 Å². The van der Waals surface area contributed by atoms with Gasteiger partial charge in [0.15, 0.2) is 0 Å². The smallest absolute Gasteiger partial charge is 0.227 e. The highest BCUT2D eigenvalue weighted by Gasteiger charge is 2.27. The van der Waals surface area contributed by atoms with E-state index in [1.807, 2.05) is 29.4 Å². The number of hydrogen-bond acceptors (Lipinski definition) is 2. The monoisotopic (exact) mass is 320 g/mol. The third-order valence-corrected chi connectivity index (χ3v) is 5.48. The molecule has 0 bridgehead atoms. The Labute approximate surface area is 143 Å². The number of hydrogen-bond donors (Lipinski definition) is 0. The first-order valence-electron chi connectivity index (χ1n) is 9.15. The Bertz CT molecular complexity index is 720. The van der Waals surface area contributed by atoms with Crippen molar-refractivity contribution in [3.05, 3.63) is 48.3 Å². The van der Waals surface area contributed by atoms with Crippen LogP contribution in [0, 0.1) is 5.92 Å². The molecule has 3 nitrogen and oxygen atoms in total. The number of anilines is 1. The summed E-state index contributed by atoms with van der Waals surface area (Å²) in [7, 11) is 0. The van der Waals surface area contributed by atoms with Gasteiger partial charge in [-0.3, -0.25) is 9.78 Å². The molecule has 0 radical (unpaired) electrons. The molecule has 4 rings (SSSR count). The van der Waals surface area contributed by atoms with E-state index in [0.717, 1.165) is 25.1 Å². The topological polar surface area (TPSA) is 33.2 Å². The van der Waals surface area contributed by atoms with E-state index >= 15 is 0 Å². The second kappa shape index (κ2) is 6.76. The molecule has 1 amide bonds. The van der Waals surface area contributed by atoms with Crippen LogP contribution in [0.2, 0.25) is 0 Å². The summed E-state index contributed by atoms with van der Waals surface area (Å²) in [6.07, 6.45) is 11.7. The molecule has 0 saturated heterocycles. The fraction of sp³-hybridized carbons (Fsp3) is 0.429. The maximum atomic E-state index is 12.7. The molecular weight excluding hydrogens is 296 g/mol. The van der Waals surface area contributed by atoms with Gasteiger partial charge in [-0.25, -0.2) is 0 Å². The van der Waals surface area contributed by atoms with E-state index in [1.54, 1.807) is 0 Å². The van der Waals surface area contributed by atoms with Crippen LogP contribution in [-0.2, 0) is 11.2 Å². The third kappa shape index (κ3) is 3.08. The summed E-state index contributed by atoms with van der Waals surface area (Å²) >= 11 is 0. The molecule has 24 heavy (non-hydrogen) atoms. The minimum atomic E-state index is 0.317. The van der Waals surface area contributed by atoms with Crippen molar-refractivity contribution in [1.82, 2.24) is 4.98 Å². The van der Waals surface area contributed by atoms with Crippen molar-refractivity contribution in [3.8, 4) is 11.1 Å². The van der Waals surface area contributed by atoms with Gasteiger partial charge in [0.05, 0.1) is 0 Å². The maximum absolute atomic E-state index is 12.7. The number of carbonyl (C=O) groups excluding carboxylic acids is 1. The van der Waals surface area contributed by atoms with E-state index in [2.05, 4.69) is 23.2 Å². The lowest BCUT2D eigenvalue weighted by atomic mass is 9.86. The first kappa shape index (κ1) is 15.4. The summed E-state index contributed by atoms with van der Waals surface area (Å²) in [4.78, 5) is 18.8. The van der Waals surface area contributed by atoms with Crippen molar-refractivity contribution in [3.63, 3.8) is 0 Å². The van der Waals surface area contributed by atoms with Gasteiger partial charge in [-0.2, -0.15) is 0 Å². The molecule has 1 aliphatic heterocycles. The molecule has 2 aromatic rings. The van der Waals surface area contributed by atoms with Gasteiger partial charge in [-0.05, 0) is 66.1 Å². The SMILES string of the molecule is O=C(CC1CCCCC1)N1CCc2cc(-c3ccncc3)ccc21. The van der Waals surface area contributed by atoms with Crippen LogP contribution < -0.4 is 4.90 Å². The molecule has 0 N–H and O–H groups in total. The van der Waals surface area contributed by atoms with E-state index in [9.17, 15) is 4.79 Å². The van der Waals surface area contributed by atoms with Gasteiger partial charge >= 0.3 is 0 Å². The highest BCUT2D eigenvalue weighted by Crippen LogP contribution is 2.34. The maximum Gasteiger partial charge on any atom is 0.227 e. The summed E-state index contributed by atoms with van der Waals surface area (Å²) < 4.78 is 0. The van der Waals surface area contributed by atoms with Crippen LogP contribution in [0.5, 0.6) is 0 Å². The second-order valence-corrected chi connectivity index (χ2v) is 7.08. The molecule has 0 unspecified atom stereocenters. The number of pyridine rings is 1. The predicted molar refractivity (Wildman–Crippen MR) is 96.9 cm³/mol. The highest BCUT2D eigenvalue weighted by molar-refractivity contribution is 5.96. The molecular formula is C21H24N2O. The van der Waals surface area contributed by atoms with Crippen LogP contribution in [0.15, 0.2) is 42.7 Å². The van der Waals surface area contributed by atoms with E-state index < -0.39 is 0 Å². The van der Waals surface area contributed by atoms with Crippen LogP contribution in [0.1, 0.15) is 44.1 Å². The molecule has 0 atom stereocenters. The van der Waals surface area contributed by atoms with E-state index in [0.29, 0.717) is 11.8 Å². The van der Waals surface area contributed by atoms with Gasteiger partial charge in [0.2, 0.25) is 5.91 Å². The first-order chi connectivity index (χ1) is 11.8. The van der Waals surface area contributed by atoms with Gasteiger partial charge in [-0.1, -0.05) is 25.3 Å². The van der Waals surface area contributed by atoms with Crippen molar-refractivity contribution in [2.24, 2.45) is 5.92 Å². The Balaban J connectivity index is 1.50. The minimum absolute atomic E-state index is 0.317. The van der Waals surface area contributed by atoms with Gasteiger partial charge in [-0.15, -0.1) is 0 Å². The average molecular weight is 320 g/mol. The van der Waals surface area contributed by atoms with Gasteiger partial charge < -0.3 is 4.90 Å². The van der Waals surface area contributed by atoms with Crippen LogP contribution in [0.4, 0.5) is 5.69 Å². The fourth-order valence-corrected chi connectivity index (χ4v) is 4.13. The lowest BCUT2D eigenvalue weighted by Crippen LogP contribution is -2.30. The molecule has 1 aromatic heterocycles. The van der Waals surface area contributed by atoms with Crippen LogP contribution in [0.3, 0.4) is 0 Å². The Morgan fingerprint density at radius 2 is 1.83 bits per heavy atom. The van der Waals surface area contributed by atoms with Crippen molar-refractivity contribution >= 4 is 11.6 Å². The second-order valence-electron chi connectivity index (χ2n) is 7.08. The van der Waals surface area contributed by atoms with Gasteiger partial charge in [0.25, 0.3) is 0 Å². The molecule has 2 aliphatic rings. The molecule has 1 fully saturated rings. The van der Waals surface area contributed by atoms with Crippen molar-refractivity contribution in [1.29, 1.82) is 0 Å². The van der Waals surface area contributed by atoms with Gasteiger partial charge in [0, 0.05) is 31.0 Å². The number of nitrogens with zero attached hydrogens (tertiary/aromatic N) is 2. The molecule has 3 heteroatoms. The number of rotatable bonds is 3. The Morgan fingerprint density at radius 1 is 1.04 bits per heavy atom. The zero-order valence-electron chi connectivity index (χ0n) is 14.1. The molecule has 0 spiro atoms.